The molecule has 0 bridgehead atoms. The van der Waals surface area contributed by atoms with Crippen molar-refractivity contribution in [2.45, 2.75) is 52.3 Å². The first-order chi connectivity index (χ1) is 17.8. The first-order valence-electron chi connectivity index (χ1n) is 12.6. The largest absolute Gasteiger partial charge is 0.474 e. The summed E-state index contributed by atoms with van der Waals surface area (Å²) in [6.45, 7) is 8.87. The molecule has 0 spiro atoms. The maximum absolute atomic E-state index is 8.46. The van der Waals surface area contributed by atoms with Crippen LogP contribution in [0.3, 0.4) is 0 Å². The van der Waals surface area contributed by atoms with Gasteiger partial charge in [0, 0.05) is 36.9 Å². The molecule has 0 radical (unpaired) electrons. The molecule has 10 heteroatoms. The molecule has 1 saturated heterocycles. The van der Waals surface area contributed by atoms with Crippen LogP contribution in [0.25, 0.3) is 10.8 Å². The third kappa shape index (κ3) is 5.75. The summed E-state index contributed by atoms with van der Waals surface area (Å²) in [6, 6.07) is 8.72. The molecule has 37 heavy (non-hydrogen) atoms. The topological polar surface area (TPSA) is 161 Å². The summed E-state index contributed by atoms with van der Waals surface area (Å²) in [5.74, 6) is 0.312. The monoisotopic (exact) mass is 501 g/mol. The number of ether oxygens (including phenoxy) is 1. The van der Waals surface area contributed by atoms with Gasteiger partial charge in [0.2, 0.25) is 5.88 Å². The summed E-state index contributed by atoms with van der Waals surface area (Å²) in [7, 11) is 0. The molecule has 0 atom stereocenters. The number of nitrogen functional groups attached to an aromatic ring is 1. The molecule has 0 aliphatic carbocycles. The molecule has 1 aliphatic heterocycles. The maximum atomic E-state index is 8.46. The van der Waals surface area contributed by atoms with Crippen molar-refractivity contribution in [1.29, 1.82) is 16.2 Å². The van der Waals surface area contributed by atoms with Gasteiger partial charge in [0.25, 0.3) is 0 Å². The Morgan fingerprint density at radius 1 is 1.22 bits per heavy atom. The van der Waals surface area contributed by atoms with E-state index in [0.29, 0.717) is 24.3 Å². The minimum absolute atomic E-state index is 0.00976. The van der Waals surface area contributed by atoms with Gasteiger partial charge in [0.15, 0.2) is 0 Å². The Labute approximate surface area is 217 Å². The fourth-order valence-electron chi connectivity index (χ4n) is 4.70. The number of nitrogens with one attached hydrogen (secondary N) is 4. The number of benzene rings is 1. The van der Waals surface area contributed by atoms with Gasteiger partial charge < -0.3 is 36.9 Å². The minimum atomic E-state index is -0.808. The number of piperidine rings is 1. The molecule has 10 nitrogen and oxygen atoms in total. The number of hydrogen-bond donors (Lipinski definition) is 5. The lowest BCUT2D eigenvalue weighted by Gasteiger charge is -2.34. The molecule has 3 heterocycles. The summed E-state index contributed by atoms with van der Waals surface area (Å²) in [5.41, 5.74) is 8.21. The number of nitrogens with zero attached hydrogens (tertiary/aromatic N) is 4. The number of rotatable bonds is 10. The highest BCUT2D eigenvalue weighted by Gasteiger charge is 2.24. The fourth-order valence-corrected chi connectivity index (χ4v) is 4.70. The van der Waals surface area contributed by atoms with E-state index in [-0.39, 0.29) is 23.2 Å². The van der Waals surface area contributed by atoms with Gasteiger partial charge in [-0.2, -0.15) is 0 Å². The molecule has 1 aliphatic rings. The smallest absolute Gasteiger partial charge is 0.222 e. The van der Waals surface area contributed by atoms with Crippen molar-refractivity contribution in [2.75, 3.05) is 24.1 Å². The summed E-state index contributed by atoms with van der Waals surface area (Å²) in [5, 5.41) is 28.8. The molecule has 0 saturated carbocycles. The van der Waals surface area contributed by atoms with Gasteiger partial charge in [-0.3, -0.25) is 0 Å². The average molecular weight is 502 g/mol. The highest BCUT2D eigenvalue weighted by molar-refractivity contribution is 6.20. The van der Waals surface area contributed by atoms with Gasteiger partial charge in [-0.1, -0.05) is 18.2 Å². The van der Waals surface area contributed by atoms with Crippen LogP contribution in [0, 0.1) is 29.1 Å². The SMILES string of the molecule is Cc1cccc2cc(CNc3ncnc(N)c3C(=N)C(C=N)C=N)nc(OC3CCN(C(C)C)CC3)c12. The van der Waals surface area contributed by atoms with Crippen molar-refractivity contribution in [3.8, 4) is 5.88 Å². The third-order valence-electron chi connectivity index (χ3n) is 6.85. The maximum Gasteiger partial charge on any atom is 0.222 e. The molecule has 3 aromatic rings. The zero-order valence-corrected chi connectivity index (χ0v) is 21.6. The van der Waals surface area contributed by atoms with E-state index in [2.05, 4.69) is 53.1 Å². The summed E-state index contributed by atoms with van der Waals surface area (Å²) >= 11 is 0. The average Bonchev–Trinajstić information content (AvgIpc) is 2.88. The zero-order valence-electron chi connectivity index (χ0n) is 21.6. The number of nitrogens with two attached hydrogens (primary N) is 1. The van der Waals surface area contributed by atoms with Gasteiger partial charge in [-0.05, 0) is 50.6 Å². The summed E-state index contributed by atoms with van der Waals surface area (Å²) in [6.07, 6.45) is 5.40. The Bertz CT molecular complexity index is 1290. The van der Waals surface area contributed by atoms with Gasteiger partial charge in [-0.15, -0.1) is 0 Å². The normalized spacial score (nSPS) is 15.5. The van der Waals surface area contributed by atoms with Crippen LogP contribution in [-0.2, 0) is 6.54 Å². The van der Waals surface area contributed by atoms with E-state index < -0.39 is 5.92 Å². The van der Waals surface area contributed by atoms with E-state index >= 15 is 0 Å². The number of aromatic nitrogens is 3. The van der Waals surface area contributed by atoms with Gasteiger partial charge >= 0.3 is 0 Å². The van der Waals surface area contributed by atoms with Crippen molar-refractivity contribution < 1.29 is 4.74 Å². The van der Waals surface area contributed by atoms with Crippen molar-refractivity contribution in [2.24, 2.45) is 5.92 Å². The summed E-state index contributed by atoms with van der Waals surface area (Å²) < 4.78 is 6.52. The lowest BCUT2D eigenvalue weighted by Crippen LogP contribution is -2.41. The van der Waals surface area contributed by atoms with E-state index in [1.165, 1.54) is 6.33 Å². The van der Waals surface area contributed by atoms with E-state index in [1.54, 1.807) is 0 Å². The Morgan fingerprint density at radius 3 is 2.62 bits per heavy atom. The van der Waals surface area contributed by atoms with E-state index in [1.807, 2.05) is 12.1 Å². The second-order valence-corrected chi connectivity index (χ2v) is 9.65. The molecule has 1 fully saturated rings. The molecule has 0 unspecified atom stereocenters. The van der Waals surface area contributed by atoms with Crippen LogP contribution in [0.5, 0.6) is 5.88 Å². The molecule has 4 rings (SSSR count). The number of anilines is 2. The van der Waals surface area contributed by atoms with Crippen LogP contribution in [0.1, 0.15) is 43.5 Å². The quantitative estimate of drug-likeness (QED) is 0.262. The number of likely N-dealkylation sites (tertiary alicyclic amines) is 1. The zero-order chi connectivity index (χ0) is 26.5. The first kappa shape index (κ1) is 26.2. The second kappa shape index (κ2) is 11.4. The van der Waals surface area contributed by atoms with Crippen LogP contribution < -0.4 is 15.8 Å². The van der Waals surface area contributed by atoms with Crippen LogP contribution >= 0.6 is 0 Å². The van der Waals surface area contributed by atoms with Crippen molar-refractivity contribution in [3.63, 3.8) is 0 Å². The lowest BCUT2D eigenvalue weighted by atomic mass is 9.99. The summed E-state index contributed by atoms with van der Waals surface area (Å²) in [4.78, 5) is 15.7. The Kier molecular flexibility index (Phi) is 8.08. The van der Waals surface area contributed by atoms with Gasteiger partial charge in [0.05, 0.1) is 29.4 Å². The molecule has 1 aromatic carbocycles. The van der Waals surface area contributed by atoms with Gasteiger partial charge in [-0.25, -0.2) is 15.0 Å². The first-order valence-corrected chi connectivity index (χ1v) is 12.6. The Balaban J connectivity index is 1.60. The van der Waals surface area contributed by atoms with Crippen LogP contribution in [0.15, 0.2) is 30.6 Å². The number of pyridine rings is 1. The Hall–Kier alpha value is -3.92. The van der Waals surface area contributed by atoms with E-state index in [9.17, 15) is 0 Å². The van der Waals surface area contributed by atoms with Crippen LogP contribution in [0.4, 0.5) is 11.6 Å². The predicted molar refractivity (Wildman–Crippen MR) is 148 cm³/mol. The highest BCUT2D eigenvalue weighted by Crippen LogP contribution is 2.31. The highest BCUT2D eigenvalue weighted by atomic mass is 16.5. The predicted octanol–water partition coefficient (Wildman–Crippen LogP) is 4.06. The molecular formula is C27H35N9O. The van der Waals surface area contributed by atoms with Crippen LogP contribution in [0.2, 0.25) is 0 Å². The van der Waals surface area contributed by atoms with Crippen molar-refractivity contribution >= 4 is 40.5 Å². The molecule has 2 aromatic heterocycles. The van der Waals surface area contributed by atoms with E-state index in [4.69, 9.17) is 31.7 Å². The second-order valence-electron chi connectivity index (χ2n) is 9.65. The third-order valence-corrected chi connectivity index (χ3v) is 6.85. The number of aryl methyl sites for hydroxylation is 1. The Morgan fingerprint density at radius 2 is 1.95 bits per heavy atom. The standard InChI is InChI=1S/C27H35N9O/c1-16(2)36-9-7-21(8-10-36)37-27-22-17(3)5-4-6-18(22)11-20(35-27)14-32-26-23(25(31)33-15-34-26)24(30)19(12-28)13-29/h4-6,11-13,15-16,19,21,28-30H,7-10,14H2,1-3H3,(H3,31,32,33,34). The van der Waals surface area contributed by atoms with Gasteiger partial charge in [0.1, 0.15) is 24.1 Å². The molecule has 0 amide bonds. The molecular weight excluding hydrogens is 466 g/mol. The van der Waals surface area contributed by atoms with Crippen molar-refractivity contribution in [1.82, 2.24) is 19.9 Å². The van der Waals surface area contributed by atoms with E-state index in [0.717, 1.165) is 60.4 Å². The van der Waals surface area contributed by atoms with Crippen molar-refractivity contribution in [3.05, 3.63) is 47.4 Å². The minimum Gasteiger partial charge on any atom is -0.474 e. The fraction of sp³-hybridized carbons (Fsp3) is 0.407. The van der Waals surface area contributed by atoms with Crippen LogP contribution in [-0.4, -0.2) is 63.2 Å². The number of fused-ring (bicyclic) bond motifs is 1. The molecule has 6 N–H and O–H groups in total. The lowest BCUT2D eigenvalue weighted by molar-refractivity contribution is 0.0822. The molecule has 194 valence electrons. The number of hydrogen-bond acceptors (Lipinski definition) is 10.